The summed E-state index contributed by atoms with van der Waals surface area (Å²) in [6.45, 7) is 14.1. The zero-order chi connectivity index (χ0) is 29.0. The van der Waals surface area contributed by atoms with Crippen molar-refractivity contribution in [3.8, 4) is 0 Å². The second-order valence-electron chi connectivity index (χ2n) is 13.0. The van der Waals surface area contributed by atoms with Gasteiger partial charge in [0.1, 0.15) is 6.04 Å². The standard InChI is InChI=1S/C32H48N2O5/c1-8-13-22-16-17-24-26(25(22)30(38)39-9-2)29(37)34(23(19-35)18-21-14-11-10-12-15-21)27(24)28(36)33-32(6,7)20-31(3,4)5/h10-12,14-17,22-27,35H,8-9,13,18-20H2,1-7H3,(H,33,36)/t22-,23-,24+,25-,26+,27+/m1/s1. The Kier molecular flexibility index (Phi) is 10.0. The second-order valence-corrected chi connectivity index (χ2v) is 13.0. The number of esters is 1. The monoisotopic (exact) mass is 540 g/mol. The molecule has 1 aliphatic heterocycles. The lowest BCUT2D eigenvalue weighted by Crippen LogP contribution is -2.57. The number of allylic oxidation sites excluding steroid dienone is 1. The molecule has 2 N–H and O–H groups in total. The number of aliphatic hydroxyl groups excluding tert-OH is 1. The van der Waals surface area contributed by atoms with Gasteiger partial charge in [-0.1, -0.05) is 76.6 Å². The summed E-state index contributed by atoms with van der Waals surface area (Å²) in [5.74, 6) is -2.90. The van der Waals surface area contributed by atoms with Crippen molar-refractivity contribution in [2.24, 2.45) is 29.1 Å². The fourth-order valence-electron chi connectivity index (χ4n) is 6.92. The first kappa shape index (κ1) is 30.9. The molecule has 216 valence electrons. The minimum atomic E-state index is -0.835. The number of hydrogen-bond acceptors (Lipinski definition) is 5. The molecule has 1 saturated heterocycles. The van der Waals surface area contributed by atoms with E-state index in [9.17, 15) is 19.5 Å². The maximum absolute atomic E-state index is 14.3. The highest BCUT2D eigenvalue weighted by atomic mass is 16.5. The smallest absolute Gasteiger partial charge is 0.310 e. The number of likely N-dealkylation sites (tertiary alicyclic amines) is 1. The zero-order valence-corrected chi connectivity index (χ0v) is 24.8. The van der Waals surface area contributed by atoms with E-state index in [1.54, 1.807) is 11.8 Å². The Morgan fingerprint density at radius 2 is 1.74 bits per heavy atom. The van der Waals surface area contributed by atoms with Crippen LogP contribution in [0.1, 0.15) is 73.3 Å². The van der Waals surface area contributed by atoms with Gasteiger partial charge in [0.05, 0.1) is 31.1 Å². The number of nitrogens with zero attached hydrogens (tertiary/aromatic N) is 1. The summed E-state index contributed by atoms with van der Waals surface area (Å²) < 4.78 is 5.47. The number of amides is 2. The van der Waals surface area contributed by atoms with Gasteiger partial charge in [-0.2, -0.15) is 0 Å². The van der Waals surface area contributed by atoms with Crippen molar-refractivity contribution in [1.29, 1.82) is 0 Å². The summed E-state index contributed by atoms with van der Waals surface area (Å²) in [5.41, 5.74) is 0.436. The zero-order valence-electron chi connectivity index (χ0n) is 24.8. The number of carbonyl (C=O) groups excluding carboxylic acids is 3. The summed E-state index contributed by atoms with van der Waals surface area (Å²) in [7, 11) is 0. The number of hydrogen-bond donors (Lipinski definition) is 2. The molecule has 1 aliphatic carbocycles. The maximum Gasteiger partial charge on any atom is 0.310 e. The summed E-state index contributed by atoms with van der Waals surface area (Å²) in [6, 6.07) is 8.23. The number of ether oxygens (including phenoxy) is 1. The first-order valence-corrected chi connectivity index (χ1v) is 14.5. The molecule has 7 heteroatoms. The van der Waals surface area contributed by atoms with E-state index in [0.717, 1.165) is 24.8 Å². The largest absolute Gasteiger partial charge is 0.466 e. The van der Waals surface area contributed by atoms with Crippen molar-refractivity contribution in [1.82, 2.24) is 10.2 Å². The number of carbonyl (C=O) groups is 3. The van der Waals surface area contributed by atoms with Crippen molar-refractivity contribution in [3.63, 3.8) is 0 Å². The van der Waals surface area contributed by atoms with Gasteiger partial charge in [0, 0.05) is 11.5 Å². The third-order valence-corrected chi connectivity index (χ3v) is 7.85. The minimum Gasteiger partial charge on any atom is -0.466 e. The van der Waals surface area contributed by atoms with Crippen LogP contribution in [0.2, 0.25) is 0 Å². The average Bonchev–Trinajstić information content (AvgIpc) is 3.14. The van der Waals surface area contributed by atoms with Gasteiger partial charge in [-0.25, -0.2) is 0 Å². The van der Waals surface area contributed by atoms with Gasteiger partial charge >= 0.3 is 5.97 Å². The molecule has 6 atom stereocenters. The highest BCUT2D eigenvalue weighted by molar-refractivity contribution is 5.96. The van der Waals surface area contributed by atoms with E-state index in [1.165, 1.54) is 0 Å². The third-order valence-electron chi connectivity index (χ3n) is 7.85. The lowest BCUT2D eigenvalue weighted by Gasteiger charge is -2.38. The molecule has 0 radical (unpaired) electrons. The van der Waals surface area contributed by atoms with Crippen LogP contribution in [0.15, 0.2) is 42.5 Å². The van der Waals surface area contributed by atoms with Gasteiger partial charge in [-0.3, -0.25) is 14.4 Å². The van der Waals surface area contributed by atoms with Crippen LogP contribution in [0, 0.1) is 29.1 Å². The van der Waals surface area contributed by atoms with Crippen molar-refractivity contribution in [2.75, 3.05) is 13.2 Å². The number of nitrogens with one attached hydrogen (secondary N) is 1. The molecule has 39 heavy (non-hydrogen) atoms. The van der Waals surface area contributed by atoms with Gasteiger partial charge in [-0.15, -0.1) is 0 Å². The van der Waals surface area contributed by atoms with Gasteiger partial charge in [0.2, 0.25) is 11.8 Å². The fraction of sp³-hybridized carbons (Fsp3) is 0.656. The van der Waals surface area contributed by atoms with Crippen LogP contribution in [0.3, 0.4) is 0 Å². The van der Waals surface area contributed by atoms with E-state index in [0.29, 0.717) is 6.42 Å². The quantitative estimate of drug-likeness (QED) is 0.318. The molecule has 1 aromatic rings. The molecule has 2 amide bonds. The highest BCUT2D eigenvalue weighted by Gasteiger charge is 2.59. The van der Waals surface area contributed by atoms with Crippen molar-refractivity contribution in [3.05, 3.63) is 48.0 Å². The molecule has 0 spiro atoms. The van der Waals surface area contributed by atoms with E-state index in [2.05, 4.69) is 33.0 Å². The SMILES string of the molecule is CCC[C@@H]1C=C[C@H]2[C@H](C(=O)N([C@@H](CO)Cc3ccccc3)[C@@H]2C(=O)NC(C)(C)CC(C)(C)C)[C@@H]1C(=O)OCC. The topological polar surface area (TPSA) is 95.9 Å². The lowest BCUT2D eigenvalue weighted by molar-refractivity contribution is -0.156. The lowest BCUT2D eigenvalue weighted by atomic mass is 9.68. The van der Waals surface area contributed by atoms with Crippen LogP contribution >= 0.6 is 0 Å². The summed E-state index contributed by atoms with van der Waals surface area (Å²) >= 11 is 0. The normalized spacial score (nSPS) is 25.8. The van der Waals surface area contributed by atoms with Crippen molar-refractivity contribution in [2.45, 2.75) is 91.8 Å². The molecule has 0 unspecified atom stereocenters. The number of benzene rings is 1. The van der Waals surface area contributed by atoms with Crippen LogP contribution in [0.5, 0.6) is 0 Å². The van der Waals surface area contributed by atoms with Crippen LogP contribution in [0.4, 0.5) is 0 Å². The van der Waals surface area contributed by atoms with E-state index in [4.69, 9.17) is 4.74 Å². The van der Waals surface area contributed by atoms with Crippen molar-refractivity contribution < 1.29 is 24.2 Å². The Labute approximate surface area is 234 Å². The molecule has 1 aromatic carbocycles. The average molecular weight is 541 g/mol. The predicted octanol–water partition coefficient (Wildman–Crippen LogP) is 4.53. The number of fused-ring (bicyclic) bond motifs is 1. The molecule has 0 aromatic heterocycles. The molecule has 0 saturated carbocycles. The van der Waals surface area contributed by atoms with Gasteiger partial charge < -0.3 is 20.1 Å². The molecule has 7 nitrogen and oxygen atoms in total. The molecular weight excluding hydrogens is 492 g/mol. The molecule has 1 fully saturated rings. The summed E-state index contributed by atoms with van der Waals surface area (Å²) in [6.07, 6.45) is 6.74. The maximum atomic E-state index is 14.3. The Hall–Kier alpha value is -2.67. The number of rotatable bonds is 11. The van der Waals surface area contributed by atoms with Gasteiger partial charge in [0.15, 0.2) is 0 Å². The van der Waals surface area contributed by atoms with E-state index < -0.39 is 35.4 Å². The third kappa shape index (κ3) is 7.30. The van der Waals surface area contributed by atoms with E-state index >= 15 is 0 Å². The first-order valence-electron chi connectivity index (χ1n) is 14.5. The molecule has 0 bridgehead atoms. The van der Waals surface area contributed by atoms with Crippen LogP contribution in [0.25, 0.3) is 0 Å². The Bertz CT molecular complexity index is 1030. The van der Waals surface area contributed by atoms with E-state index in [-0.39, 0.29) is 42.3 Å². The van der Waals surface area contributed by atoms with Crippen molar-refractivity contribution >= 4 is 17.8 Å². The molecular formula is C32H48N2O5. The van der Waals surface area contributed by atoms with Crippen LogP contribution in [-0.4, -0.2) is 58.6 Å². The van der Waals surface area contributed by atoms with Gasteiger partial charge in [-0.05, 0) is 56.9 Å². The molecule has 3 rings (SSSR count). The van der Waals surface area contributed by atoms with Gasteiger partial charge in [0.25, 0.3) is 0 Å². The Morgan fingerprint density at radius 3 is 2.31 bits per heavy atom. The van der Waals surface area contributed by atoms with Crippen LogP contribution < -0.4 is 5.32 Å². The second kappa shape index (κ2) is 12.7. The fourth-order valence-corrected chi connectivity index (χ4v) is 6.92. The molecule has 2 aliphatic rings. The minimum absolute atomic E-state index is 0.0153. The van der Waals surface area contributed by atoms with E-state index in [1.807, 2.05) is 56.3 Å². The van der Waals surface area contributed by atoms with Crippen LogP contribution in [-0.2, 0) is 25.5 Å². The number of aliphatic hydroxyl groups is 1. The summed E-state index contributed by atoms with van der Waals surface area (Å²) in [4.78, 5) is 43.3. The summed E-state index contributed by atoms with van der Waals surface area (Å²) in [5, 5.41) is 13.8. The Morgan fingerprint density at radius 1 is 1.08 bits per heavy atom. The highest BCUT2D eigenvalue weighted by Crippen LogP contribution is 2.46. The first-order chi connectivity index (χ1) is 18.3. The Balaban J connectivity index is 2.06. The molecule has 1 heterocycles. The predicted molar refractivity (Wildman–Crippen MR) is 153 cm³/mol.